The molecule has 0 radical (unpaired) electrons. The zero-order valence-electron chi connectivity index (χ0n) is 42.7. The van der Waals surface area contributed by atoms with E-state index < -0.39 is 49.5 Å². The number of allylic oxidation sites excluding steroid dienone is 7. The quantitative estimate of drug-likeness (QED) is 0.0261. The van der Waals surface area contributed by atoms with Crippen molar-refractivity contribution in [2.75, 3.05) is 13.2 Å². The van der Waals surface area contributed by atoms with Crippen LogP contribution >= 0.6 is 0 Å². The monoisotopic (exact) mass is 932 g/mol. The number of aliphatic hydroxyl groups is 5. The number of carbonyl (C=O) groups excluding carboxylic acids is 1. The van der Waals surface area contributed by atoms with Crippen LogP contribution in [0.2, 0.25) is 0 Å². The Bertz CT molecular complexity index is 1170. The van der Waals surface area contributed by atoms with Crippen LogP contribution < -0.4 is 5.32 Å². The SMILES string of the molecule is CC/C=C\C/C=C\C/C=C\CCCCCCCC(=O)NC(COC1OC(CO)C(O)C(O)C1O)C(O)/C=C/CCCCCCCCCCCCCCCCCCCCCCCCCCCC. The summed E-state index contributed by atoms with van der Waals surface area (Å²) in [4.78, 5) is 13.0. The number of carbonyl (C=O) groups is 1. The van der Waals surface area contributed by atoms with E-state index >= 15 is 0 Å². The van der Waals surface area contributed by atoms with E-state index in [1.165, 1.54) is 154 Å². The van der Waals surface area contributed by atoms with Gasteiger partial charge in [-0.3, -0.25) is 4.79 Å². The van der Waals surface area contributed by atoms with E-state index in [0.29, 0.717) is 6.42 Å². The molecule has 7 atom stereocenters. The topological polar surface area (TPSA) is 149 Å². The van der Waals surface area contributed by atoms with Gasteiger partial charge in [0.2, 0.25) is 5.91 Å². The van der Waals surface area contributed by atoms with Crippen LogP contribution in [-0.4, -0.2) is 87.5 Å². The van der Waals surface area contributed by atoms with Crippen molar-refractivity contribution in [1.82, 2.24) is 5.32 Å². The van der Waals surface area contributed by atoms with Gasteiger partial charge in [-0.05, 0) is 51.4 Å². The Morgan fingerprint density at radius 3 is 1.39 bits per heavy atom. The Labute approximate surface area is 405 Å². The Kier molecular flexibility index (Phi) is 44.1. The number of rotatable bonds is 47. The summed E-state index contributed by atoms with van der Waals surface area (Å²) in [7, 11) is 0. The van der Waals surface area contributed by atoms with Gasteiger partial charge in [0.25, 0.3) is 0 Å². The van der Waals surface area contributed by atoms with Gasteiger partial charge in [-0.2, -0.15) is 0 Å². The lowest BCUT2D eigenvalue weighted by Crippen LogP contribution is -2.60. The first-order valence-corrected chi connectivity index (χ1v) is 27.9. The van der Waals surface area contributed by atoms with Gasteiger partial charge in [0.15, 0.2) is 6.29 Å². The molecule has 0 bridgehead atoms. The molecule has 0 aliphatic carbocycles. The molecule has 0 aromatic carbocycles. The van der Waals surface area contributed by atoms with Crippen molar-refractivity contribution in [3.05, 3.63) is 48.6 Å². The summed E-state index contributed by atoms with van der Waals surface area (Å²) in [6.07, 6.45) is 54.7. The zero-order valence-corrected chi connectivity index (χ0v) is 42.7. The van der Waals surface area contributed by atoms with Gasteiger partial charge in [0.1, 0.15) is 24.4 Å². The molecule has 9 heteroatoms. The lowest BCUT2D eigenvalue weighted by molar-refractivity contribution is -0.302. The number of hydrogen-bond acceptors (Lipinski definition) is 8. The van der Waals surface area contributed by atoms with Crippen molar-refractivity contribution in [2.45, 2.75) is 294 Å². The molecule has 1 aliphatic heterocycles. The summed E-state index contributed by atoms with van der Waals surface area (Å²) >= 11 is 0. The van der Waals surface area contributed by atoms with Crippen LogP contribution in [0.5, 0.6) is 0 Å². The van der Waals surface area contributed by atoms with Gasteiger partial charge in [-0.1, -0.05) is 242 Å². The predicted octanol–water partition coefficient (Wildman–Crippen LogP) is 13.3. The lowest BCUT2D eigenvalue weighted by atomic mass is 9.99. The van der Waals surface area contributed by atoms with Gasteiger partial charge in [0, 0.05) is 6.42 Å². The molecule has 9 nitrogen and oxygen atoms in total. The van der Waals surface area contributed by atoms with Crippen LogP contribution in [0.25, 0.3) is 0 Å². The van der Waals surface area contributed by atoms with Gasteiger partial charge < -0.3 is 40.3 Å². The van der Waals surface area contributed by atoms with Crippen molar-refractivity contribution in [3.8, 4) is 0 Å². The summed E-state index contributed by atoms with van der Waals surface area (Å²) in [5.41, 5.74) is 0. The van der Waals surface area contributed by atoms with Crippen LogP contribution in [0.15, 0.2) is 48.6 Å². The molecule has 0 saturated carbocycles. The van der Waals surface area contributed by atoms with E-state index in [-0.39, 0.29) is 12.5 Å². The summed E-state index contributed by atoms with van der Waals surface area (Å²) < 4.78 is 11.2. The average Bonchev–Trinajstić information content (AvgIpc) is 3.32. The van der Waals surface area contributed by atoms with Gasteiger partial charge >= 0.3 is 0 Å². The summed E-state index contributed by atoms with van der Waals surface area (Å²) in [5.74, 6) is -0.193. The summed E-state index contributed by atoms with van der Waals surface area (Å²) in [6, 6.07) is -0.815. The third kappa shape index (κ3) is 36.2. The largest absolute Gasteiger partial charge is 0.394 e. The maximum absolute atomic E-state index is 13.0. The van der Waals surface area contributed by atoms with Crippen LogP contribution in [0, 0.1) is 0 Å². The molecule has 7 unspecified atom stereocenters. The van der Waals surface area contributed by atoms with Crippen molar-refractivity contribution in [2.24, 2.45) is 0 Å². The number of hydrogen-bond donors (Lipinski definition) is 6. The Morgan fingerprint density at radius 2 is 0.939 bits per heavy atom. The van der Waals surface area contributed by atoms with Crippen molar-refractivity contribution >= 4 is 5.91 Å². The smallest absolute Gasteiger partial charge is 0.220 e. The fourth-order valence-electron chi connectivity index (χ4n) is 8.76. The molecule has 1 aliphatic rings. The number of amides is 1. The first-order chi connectivity index (χ1) is 32.3. The fourth-order valence-corrected chi connectivity index (χ4v) is 8.76. The van der Waals surface area contributed by atoms with Crippen LogP contribution in [0.3, 0.4) is 0 Å². The molecule has 386 valence electrons. The number of nitrogens with one attached hydrogen (secondary N) is 1. The third-order valence-electron chi connectivity index (χ3n) is 13.2. The second kappa shape index (κ2) is 46.9. The molecule has 1 amide bonds. The molecule has 1 rings (SSSR count). The van der Waals surface area contributed by atoms with E-state index in [4.69, 9.17) is 9.47 Å². The third-order valence-corrected chi connectivity index (χ3v) is 13.2. The molecular formula is C57H105NO8. The highest BCUT2D eigenvalue weighted by Gasteiger charge is 2.44. The molecule has 0 spiro atoms. The molecule has 1 fully saturated rings. The molecule has 1 saturated heterocycles. The van der Waals surface area contributed by atoms with Crippen molar-refractivity contribution in [1.29, 1.82) is 0 Å². The Hall–Kier alpha value is -1.85. The van der Waals surface area contributed by atoms with E-state index in [9.17, 15) is 30.3 Å². The van der Waals surface area contributed by atoms with Crippen molar-refractivity contribution in [3.63, 3.8) is 0 Å². The first kappa shape index (κ1) is 62.2. The minimum Gasteiger partial charge on any atom is -0.394 e. The molecule has 66 heavy (non-hydrogen) atoms. The zero-order chi connectivity index (χ0) is 48.0. The van der Waals surface area contributed by atoms with Crippen LogP contribution in [0.1, 0.15) is 251 Å². The second-order valence-corrected chi connectivity index (χ2v) is 19.4. The van der Waals surface area contributed by atoms with E-state index in [1.54, 1.807) is 6.08 Å². The highest BCUT2D eigenvalue weighted by molar-refractivity contribution is 5.76. The molecule has 1 heterocycles. The number of ether oxygens (including phenoxy) is 2. The highest BCUT2D eigenvalue weighted by Crippen LogP contribution is 2.23. The van der Waals surface area contributed by atoms with Crippen LogP contribution in [0.4, 0.5) is 0 Å². The Morgan fingerprint density at radius 1 is 0.530 bits per heavy atom. The molecular weight excluding hydrogens is 827 g/mol. The summed E-state index contributed by atoms with van der Waals surface area (Å²) in [5, 5.41) is 54.4. The Balaban J connectivity index is 2.21. The van der Waals surface area contributed by atoms with Crippen LogP contribution in [-0.2, 0) is 14.3 Å². The van der Waals surface area contributed by atoms with Crippen molar-refractivity contribution < 1.29 is 39.8 Å². The normalized spacial score (nSPS) is 20.1. The second-order valence-electron chi connectivity index (χ2n) is 19.4. The standard InChI is InChI=1S/C57H105NO8/c1-3-5-7-9-11-13-15-17-19-20-21-22-23-24-25-26-27-28-29-30-31-33-34-36-38-40-42-44-46-51(60)50(49-65-57-56(64)55(63)54(62)52(48-59)66-57)58-53(61)47-45-43-41-39-37-35-32-18-16-14-12-10-8-6-4-2/h6,8,12,14,18,32,44,46,50-52,54-57,59-60,62-64H,3-5,7,9-11,13,15-17,19-31,33-43,45,47-49H2,1-2H3,(H,58,61)/b8-6-,14-12-,32-18-,46-44+. The highest BCUT2D eigenvalue weighted by atomic mass is 16.7. The number of unbranched alkanes of at least 4 members (excludes halogenated alkanes) is 31. The molecule has 6 N–H and O–H groups in total. The van der Waals surface area contributed by atoms with E-state index in [1.807, 2.05) is 6.08 Å². The van der Waals surface area contributed by atoms with E-state index in [0.717, 1.165) is 77.0 Å². The van der Waals surface area contributed by atoms with Gasteiger partial charge in [0.05, 0.1) is 25.4 Å². The summed E-state index contributed by atoms with van der Waals surface area (Å²) in [6.45, 7) is 3.67. The molecule has 0 aromatic rings. The van der Waals surface area contributed by atoms with Gasteiger partial charge in [-0.25, -0.2) is 0 Å². The predicted molar refractivity (Wildman–Crippen MR) is 276 cm³/mol. The maximum Gasteiger partial charge on any atom is 0.220 e. The first-order valence-electron chi connectivity index (χ1n) is 27.9. The minimum atomic E-state index is -1.57. The van der Waals surface area contributed by atoms with E-state index in [2.05, 4.69) is 55.6 Å². The van der Waals surface area contributed by atoms with Gasteiger partial charge in [-0.15, -0.1) is 0 Å². The average molecular weight is 932 g/mol. The number of aliphatic hydroxyl groups excluding tert-OH is 5. The minimum absolute atomic E-state index is 0.193. The lowest BCUT2D eigenvalue weighted by Gasteiger charge is -2.40. The fraction of sp³-hybridized carbons (Fsp3) is 0.842. The maximum atomic E-state index is 13.0. The molecule has 0 aromatic heterocycles.